The van der Waals surface area contributed by atoms with Crippen molar-refractivity contribution in [1.82, 2.24) is 5.32 Å². The highest BCUT2D eigenvalue weighted by molar-refractivity contribution is 5.77. The zero-order valence-corrected chi connectivity index (χ0v) is 15.2. The lowest BCUT2D eigenvalue weighted by Crippen LogP contribution is -2.29. The molecule has 0 aliphatic carbocycles. The molecule has 1 unspecified atom stereocenters. The van der Waals surface area contributed by atoms with Crippen LogP contribution >= 0.6 is 0 Å². The smallest absolute Gasteiger partial charge is 0.220 e. The molecule has 0 saturated carbocycles. The summed E-state index contributed by atoms with van der Waals surface area (Å²) in [6, 6.07) is 13.4. The van der Waals surface area contributed by atoms with E-state index in [-0.39, 0.29) is 17.8 Å². The maximum atomic E-state index is 13.3. The maximum absolute atomic E-state index is 13.3. The summed E-state index contributed by atoms with van der Waals surface area (Å²) < 4.78 is 18.5. The molecule has 2 rings (SSSR count). The first-order valence-corrected chi connectivity index (χ1v) is 9.03. The fourth-order valence-electron chi connectivity index (χ4n) is 2.83. The number of ether oxygens (including phenoxy) is 1. The molecule has 0 saturated heterocycles. The molecular formula is C21H27FN2O2. The third kappa shape index (κ3) is 6.15. The molecule has 2 aromatic rings. The van der Waals surface area contributed by atoms with Crippen molar-refractivity contribution in [3.05, 3.63) is 65.5 Å². The number of nitrogens with two attached hydrogens (primary N) is 1. The van der Waals surface area contributed by atoms with Crippen LogP contribution in [0.1, 0.15) is 49.3 Å². The van der Waals surface area contributed by atoms with Crippen LogP contribution in [0.3, 0.4) is 0 Å². The van der Waals surface area contributed by atoms with Gasteiger partial charge in [0, 0.05) is 6.42 Å². The highest BCUT2D eigenvalue weighted by Gasteiger charge is 2.17. The maximum Gasteiger partial charge on any atom is 0.220 e. The van der Waals surface area contributed by atoms with Crippen LogP contribution in [0.25, 0.3) is 0 Å². The van der Waals surface area contributed by atoms with Crippen molar-refractivity contribution in [3.8, 4) is 5.75 Å². The van der Waals surface area contributed by atoms with Gasteiger partial charge in [0.1, 0.15) is 11.6 Å². The highest BCUT2D eigenvalue weighted by Crippen LogP contribution is 2.25. The first-order valence-electron chi connectivity index (χ1n) is 9.03. The monoisotopic (exact) mass is 358 g/mol. The van der Waals surface area contributed by atoms with Crippen molar-refractivity contribution in [2.75, 3.05) is 13.7 Å². The Labute approximate surface area is 154 Å². The lowest BCUT2D eigenvalue weighted by molar-refractivity contribution is -0.121. The van der Waals surface area contributed by atoms with Gasteiger partial charge in [0.25, 0.3) is 0 Å². The Morgan fingerprint density at radius 2 is 1.58 bits per heavy atom. The van der Waals surface area contributed by atoms with Crippen molar-refractivity contribution >= 4 is 5.91 Å². The standard InChI is InChI=1S/C21H27FN2O2/c1-26-19-13-9-17(10-14-19)21(16-7-11-18(22)12-8-16)24-20(25)6-4-2-3-5-15-23/h7-14,21H,2-6,15,23H2,1H3,(H,24,25). The van der Waals surface area contributed by atoms with Gasteiger partial charge in [-0.1, -0.05) is 37.1 Å². The number of rotatable bonds is 10. The van der Waals surface area contributed by atoms with Crippen molar-refractivity contribution in [2.24, 2.45) is 5.73 Å². The molecule has 3 N–H and O–H groups in total. The van der Waals surface area contributed by atoms with E-state index in [0.717, 1.165) is 42.6 Å². The van der Waals surface area contributed by atoms with Crippen LogP contribution in [0.5, 0.6) is 5.75 Å². The van der Waals surface area contributed by atoms with Gasteiger partial charge in [-0.05, 0) is 54.8 Å². The molecule has 0 aliphatic heterocycles. The first-order chi connectivity index (χ1) is 12.6. The van der Waals surface area contributed by atoms with Gasteiger partial charge in [0.05, 0.1) is 13.2 Å². The average molecular weight is 358 g/mol. The van der Waals surface area contributed by atoms with Crippen molar-refractivity contribution in [2.45, 2.75) is 38.1 Å². The van der Waals surface area contributed by atoms with E-state index in [1.165, 1.54) is 12.1 Å². The summed E-state index contributed by atoms with van der Waals surface area (Å²) in [4.78, 5) is 12.4. The Morgan fingerprint density at radius 3 is 2.15 bits per heavy atom. The molecule has 26 heavy (non-hydrogen) atoms. The zero-order chi connectivity index (χ0) is 18.8. The van der Waals surface area contributed by atoms with Gasteiger partial charge in [-0.3, -0.25) is 4.79 Å². The number of hydrogen-bond donors (Lipinski definition) is 2. The van der Waals surface area contributed by atoms with Gasteiger partial charge < -0.3 is 15.8 Å². The van der Waals surface area contributed by atoms with Crippen LogP contribution < -0.4 is 15.8 Å². The van der Waals surface area contributed by atoms with Crippen molar-refractivity contribution < 1.29 is 13.9 Å². The minimum atomic E-state index is -0.321. The predicted octanol–water partition coefficient (Wildman–Crippen LogP) is 3.95. The third-order valence-electron chi connectivity index (χ3n) is 4.32. The number of carbonyl (C=O) groups excluding carboxylic acids is 1. The SMILES string of the molecule is COc1ccc(C(NC(=O)CCCCCCN)c2ccc(F)cc2)cc1. The third-order valence-corrected chi connectivity index (χ3v) is 4.32. The van der Waals surface area contributed by atoms with Crippen molar-refractivity contribution in [1.29, 1.82) is 0 Å². The quantitative estimate of drug-likeness (QED) is 0.632. The number of benzene rings is 2. The summed E-state index contributed by atoms with van der Waals surface area (Å²) in [5.41, 5.74) is 7.25. The van der Waals surface area contributed by atoms with Gasteiger partial charge in [-0.15, -0.1) is 0 Å². The lowest BCUT2D eigenvalue weighted by Gasteiger charge is -2.20. The molecule has 0 radical (unpaired) electrons. The fraction of sp³-hybridized carbons (Fsp3) is 0.381. The van der Waals surface area contributed by atoms with Crippen LogP contribution in [0.2, 0.25) is 0 Å². The molecule has 4 nitrogen and oxygen atoms in total. The van der Waals surface area contributed by atoms with E-state index in [1.807, 2.05) is 24.3 Å². The molecule has 0 heterocycles. The van der Waals surface area contributed by atoms with E-state index >= 15 is 0 Å². The first kappa shape index (κ1) is 19.9. The number of carbonyl (C=O) groups is 1. The van der Waals surface area contributed by atoms with Crippen LogP contribution in [0.15, 0.2) is 48.5 Å². The zero-order valence-electron chi connectivity index (χ0n) is 15.2. The number of unbranched alkanes of at least 4 members (excludes halogenated alkanes) is 3. The molecule has 2 aromatic carbocycles. The van der Waals surface area contributed by atoms with Crippen molar-refractivity contribution in [3.63, 3.8) is 0 Å². The number of amides is 1. The normalized spacial score (nSPS) is 11.8. The molecule has 1 atom stereocenters. The van der Waals surface area contributed by atoms with Crippen LogP contribution in [-0.4, -0.2) is 19.6 Å². The van der Waals surface area contributed by atoms with E-state index in [4.69, 9.17) is 10.5 Å². The summed E-state index contributed by atoms with van der Waals surface area (Å²) in [6.07, 6.45) is 4.34. The Morgan fingerprint density at radius 1 is 1.00 bits per heavy atom. The van der Waals surface area contributed by atoms with E-state index in [9.17, 15) is 9.18 Å². The number of halogens is 1. The average Bonchev–Trinajstić information content (AvgIpc) is 2.67. The minimum absolute atomic E-state index is 0.0112. The Kier molecular flexibility index (Phi) is 8.09. The topological polar surface area (TPSA) is 64.3 Å². The summed E-state index contributed by atoms with van der Waals surface area (Å²) in [5.74, 6) is 0.439. The molecule has 5 heteroatoms. The van der Waals surface area contributed by atoms with Gasteiger partial charge in [-0.25, -0.2) is 4.39 Å². The highest BCUT2D eigenvalue weighted by atomic mass is 19.1. The Bertz CT molecular complexity index is 671. The fourth-order valence-corrected chi connectivity index (χ4v) is 2.83. The van der Waals surface area contributed by atoms with Gasteiger partial charge >= 0.3 is 0 Å². The predicted molar refractivity (Wildman–Crippen MR) is 102 cm³/mol. The van der Waals surface area contributed by atoms with Crippen LogP contribution in [0.4, 0.5) is 4.39 Å². The molecule has 0 fully saturated rings. The van der Waals surface area contributed by atoms with Crippen LogP contribution in [-0.2, 0) is 4.79 Å². The molecule has 0 aliphatic rings. The molecule has 140 valence electrons. The lowest BCUT2D eigenvalue weighted by atomic mass is 9.98. The molecular weight excluding hydrogens is 331 g/mol. The second-order valence-electron chi connectivity index (χ2n) is 6.28. The van der Waals surface area contributed by atoms with E-state index in [1.54, 1.807) is 19.2 Å². The molecule has 0 spiro atoms. The largest absolute Gasteiger partial charge is 0.497 e. The minimum Gasteiger partial charge on any atom is -0.497 e. The summed E-state index contributed by atoms with van der Waals surface area (Å²) in [6.45, 7) is 0.691. The van der Waals surface area contributed by atoms with E-state index in [0.29, 0.717) is 13.0 Å². The van der Waals surface area contributed by atoms with E-state index < -0.39 is 0 Å². The van der Waals surface area contributed by atoms with Gasteiger partial charge in [0.2, 0.25) is 5.91 Å². The summed E-state index contributed by atoms with van der Waals surface area (Å²) in [7, 11) is 1.61. The molecule has 1 amide bonds. The van der Waals surface area contributed by atoms with E-state index in [2.05, 4.69) is 5.32 Å². The Balaban J connectivity index is 2.07. The van der Waals surface area contributed by atoms with Crippen LogP contribution in [0, 0.1) is 5.82 Å². The summed E-state index contributed by atoms with van der Waals surface area (Å²) in [5, 5.41) is 3.07. The number of hydrogen-bond acceptors (Lipinski definition) is 3. The second kappa shape index (κ2) is 10.6. The molecule has 0 aromatic heterocycles. The van der Waals surface area contributed by atoms with Gasteiger partial charge in [-0.2, -0.15) is 0 Å². The second-order valence-corrected chi connectivity index (χ2v) is 6.28. The number of nitrogens with one attached hydrogen (secondary N) is 1. The molecule has 0 bridgehead atoms. The summed E-state index contributed by atoms with van der Waals surface area (Å²) >= 11 is 0. The van der Waals surface area contributed by atoms with Gasteiger partial charge in [0.15, 0.2) is 0 Å². The Hall–Kier alpha value is -2.40. The number of methoxy groups -OCH3 is 1.